The highest BCUT2D eigenvalue weighted by Gasteiger charge is 2.11. The van der Waals surface area contributed by atoms with E-state index < -0.39 is 5.82 Å². The molecule has 1 aromatic carbocycles. The van der Waals surface area contributed by atoms with Crippen molar-refractivity contribution in [2.24, 2.45) is 0 Å². The van der Waals surface area contributed by atoms with Gasteiger partial charge in [0.25, 0.3) is 0 Å². The van der Waals surface area contributed by atoms with Crippen LogP contribution in [-0.2, 0) is 13.0 Å². The maximum atomic E-state index is 13.7. The van der Waals surface area contributed by atoms with Crippen LogP contribution in [0.3, 0.4) is 0 Å². The number of nitrogens with one attached hydrogen (secondary N) is 1. The maximum absolute atomic E-state index is 13.7. The van der Waals surface area contributed by atoms with Gasteiger partial charge in [-0.15, -0.1) is 11.3 Å². The first kappa shape index (κ1) is 13.1. The first-order valence-electron chi connectivity index (χ1n) is 5.52. The fourth-order valence-electron chi connectivity index (χ4n) is 1.50. The largest absolute Gasteiger partial charge is 0.397 e. The van der Waals surface area contributed by atoms with Crippen LogP contribution in [0.2, 0.25) is 5.02 Å². The Morgan fingerprint density at radius 3 is 2.94 bits per heavy atom. The Morgan fingerprint density at radius 1 is 1.50 bits per heavy atom. The van der Waals surface area contributed by atoms with Gasteiger partial charge in [-0.1, -0.05) is 18.5 Å². The number of nitrogens with zero attached hydrogens (tertiary/aromatic N) is 1. The summed E-state index contributed by atoms with van der Waals surface area (Å²) < 4.78 is 13.7. The predicted molar refractivity (Wildman–Crippen MR) is 74.6 cm³/mol. The van der Waals surface area contributed by atoms with Crippen LogP contribution in [0.1, 0.15) is 16.8 Å². The average molecular weight is 286 g/mol. The van der Waals surface area contributed by atoms with E-state index in [1.54, 1.807) is 17.4 Å². The van der Waals surface area contributed by atoms with Crippen LogP contribution in [0.5, 0.6) is 0 Å². The Kier molecular flexibility index (Phi) is 4.04. The Balaban J connectivity index is 2.12. The van der Waals surface area contributed by atoms with E-state index in [0.29, 0.717) is 12.2 Å². The number of aromatic nitrogens is 1. The number of anilines is 2. The lowest BCUT2D eigenvalue weighted by Crippen LogP contribution is -2.04. The summed E-state index contributed by atoms with van der Waals surface area (Å²) in [6.07, 6.45) is 2.78. The third-order valence-electron chi connectivity index (χ3n) is 2.49. The molecule has 96 valence electrons. The molecule has 0 aliphatic carbocycles. The SMILES string of the molecule is CCc1cnc(CNc2c(N)ccc(Cl)c2F)s1. The zero-order valence-corrected chi connectivity index (χ0v) is 11.4. The lowest BCUT2D eigenvalue weighted by Gasteiger charge is -2.09. The smallest absolute Gasteiger partial charge is 0.166 e. The number of rotatable bonds is 4. The molecule has 0 saturated carbocycles. The molecule has 3 nitrogen and oxygen atoms in total. The molecule has 2 aromatic rings. The molecule has 1 aromatic heterocycles. The van der Waals surface area contributed by atoms with Gasteiger partial charge in [0.2, 0.25) is 0 Å². The van der Waals surface area contributed by atoms with Crippen molar-refractivity contribution in [2.75, 3.05) is 11.1 Å². The normalized spacial score (nSPS) is 10.6. The van der Waals surface area contributed by atoms with E-state index in [0.717, 1.165) is 11.4 Å². The highest BCUT2D eigenvalue weighted by Crippen LogP contribution is 2.29. The zero-order valence-electron chi connectivity index (χ0n) is 9.84. The summed E-state index contributed by atoms with van der Waals surface area (Å²) in [6, 6.07) is 3.02. The second-order valence-corrected chi connectivity index (χ2v) is 5.36. The van der Waals surface area contributed by atoms with Gasteiger partial charge in [-0.05, 0) is 18.6 Å². The first-order chi connectivity index (χ1) is 8.61. The van der Waals surface area contributed by atoms with Gasteiger partial charge in [0.15, 0.2) is 5.82 Å². The molecule has 0 radical (unpaired) electrons. The van der Waals surface area contributed by atoms with Crippen LogP contribution in [0.15, 0.2) is 18.3 Å². The van der Waals surface area contributed by atoms with Gasteiger partial charge in [0, 0.05) is 11.1 Å². The molecular weight excluding hydrogens is 273 g/mol. The van der Waals surface area contributed by atoms with Crippen LogP contribution >= 0.6 is 22.9 Å². The number of thiazole rings is 1. The second kappa shape index (κ2) is 5.54. The Morgan fingerprint density at radius 2 is 2.28 bits per heavy atom. The van der Waals surface area contributed by atoms with Gasteiger partial charge in [0.05, 0.1) is 22.9 Å². The quantitative estimate of drug-likeness (QED) is 0.842. The van der Waals surface area contributed by atoms with Gasteiger partial charge >= 0.3 is 0 Å². The molecule has 0 aliphatic heterocycles. The van der Waals surface area contributed by atoms with Crippen LogP contribution in [-0.4, -0.2) is 4.98 Å². The third-order valence-corrected chi connectivity index (χ3v) is 3.93. The monoisotopic (exact) mass is 285 g/mol. The summed E-state index contributed by atoms with van der Waals surface area (Å²) in [6.45, 7) is 2.51. The average Bonchev–Trinajstić information content (AvgIpc) is 2.82. The van der Waals surface area contributed by atoms with E-state index in [1.165, 1.54) is 10.9 Å². The Labute approximate surface area is 114 Å². The molecule has 0 spiro atoms. The Bertz CT molecular complexity index is 556. The van der Waals surface area contributed by atoms with Crippen molar-refractivity contribution in [3.8, 4) is 0 Å². The van der Waals surface area contributed by atoms with E-state index in [1.807, 2.05) is 6.20 Å². The number of benzene rings is 1. The number of nitrogens with two attached hydrogens (primary N) is 1. The minimum Gasteiger partial charge on any atom is -0.397 e. The molecule has 2 rings (SSSR count). The predicted octanol–water partition coefficient (Wildman–Crippen LogP) is 3.69. The van der Waals surface area contributed by atoms with E-state index in [9.17, 15) is 4.39 Å². The standard InChI is InChI=1S/C12H13ClFN3S/c1-2-7-5-16-10(18-7)6-17-12-9(15)4-3-8(13)11(12)14/h3-5,17H,2,6,15H2,1H3. The van der Waals surface area contributed by atoms with Crippen molar-refractivity contribution in [2.45, 2.75) is 19.9 Å². The van der Waals surface area contributed by atoms with E-state index in [-0.39, 0.29) is 10.7 Å². The van der Waals surface area contributed by atoms with Crippen molar-refractivity contribution in [3.63, 3.8) is 0 Å². The number of hydrogen-bond donors (Lipinski definition) is 2. The van der Waals surface area contributed by atoms with Crippen LogP contribution in [0.4, 0.5) is 15.8 Å². The molecule has 6 heteroatoms. The maximum Gasteiger partial charge on any atom is 0.166 e. The van der Waals surface area contributed by atoms with Gasteiger partial charge in [-0.25, -0.2) is 9.37 Å². The highest BCUT2D eigenvalue weighted by molar-refractivity contribution is 7.11. The number of hydrogen-bond acceptors (Lipinski definition) is 4. The molecule has 1 heterocycles. The van der Waals surface area contributed by atoms with Gasteiger partial charge in [-0.3, -0.25) is 0 Å². The lowest BCUT2D eigenvalue weighted by atomic mass is 10.2. The summed E-state index contributed by atoms with van der Waals surface area (Å²) in [5.74, 6) is -0.524. The van der Waals surface area contributed by atoms with Gasteiger partial charge in [-0.2, -0.15) is 0 Å². The summed E-state index contributed by atoms with van der Waals surface area (Å²) in [5, 5.41) is 3.89. The molecule has 3 N–H and O–H groups in total. The molecule has 0 saturated heterocycles. The number of aryl methyl sites for hydroxylation is 1. The third kappa shape index (κ3) is 2.73. The minimum atomic E-state index is -0.524. The number of halogens is 2. The highest BCUT2D eigenvalue weighted by atomic mass is 35.5. The first-order valence-corrected chi connectivity index (χ1v) is 6.72. The molecule has 0 aliphatic rings. The van der Waals surface area contributed by atoms with E-state index in [2.05, 4.69) is 17.2 Å². The van der Waals surface area contributed by atoms with Crippen LogP contribution in [0.25, 0.3) is 0 Å². The summed E-state index contributed by atoms with van der Waals surface area (Å²) in [5.41, 5.74) is 6.28. The van der Waals surface area contributed by atoms with Crippen molar-refractivity contribution >= 4 is 34.3 Å². The molecule has 0 atom stereocenters. The molecular formula is C12H13ClFN3S. The van der Waals surface area contributed by atoms with Crippen LogP contribution in [0, 0.1) is 5.82 Å². The van der Waals surface area contributed by atoms with Crippen molar-refractivity contribution in [1.29, 1.82) is 0 Å². The van der Waals surface area contributed by atoms with Crippen molar-refractivity contribution in [3.05, 3.63) is 39.1 Å². The van der Waals surface area contributed by atoms with Crippen molar-refractivity contribution < 1.29 is 4.39 Å². The summed E-state index contributed by atoms with van der Waals surface area (Å²) in [4.78, 5) is 5.44. The van der Waals surface area contributed by atoms with Gasteiger partial charge < -0.3 is 11.1 Å². The molecule has 0 amide bonds. The second-order valence-electron chi connectivity index (χ2n) is 3.75. The molecule has 18 heavy (non-hydrogen) atoms. The fraction of sp³-hybridized carbons (Fsp3) is 0.250. The number of nitrogen functional groups attached to an aromatic ring is 1. The minimum absolute atomic E-state index is 0.0556. The van der Waals surface area contributed by atoms with Crippen molar-refractivity contribution in [1.82, 2.24) is 4.98 Å². The van der Waals surface area contributed by atoms with E-state index in [4.69, 9.17) is 17.3 Å². The molecule has 0 unspecified atom stereocenters. The summed E-state index contributed by atoms with van der Waals surface area (Å²) >= 11 is 7.31. The Hall–Kier alpha value is -1.33. The molecule has 0 bridgehead atoms. The fourth-order valence-corrected chi connectivity index (χ4v) is 2.46. The zero-order chi connectivity index (χ0) is 13.1. The van der Waals surface area contributed by atoms with E-state index >= 15 is 0 Å². The lowest BCUT2D eigenvalue weighted by molar-refractivity contribution is 0.631. The van der Waals surface area contributed by atoms with Crippen LogP contribution < -0.4 is 11.1 Å². The summed E-state index contributed by atoms with van der Waals surface area (Å²) in [7, 11) is 0. The molecule has 0 fully saturated rings. The van der Waals surface area contributed by atoms with Gasteiger partial charge in [0.1, 0.15) is 5.01 Å². The topological polar surface area (TPSA) is 50.9 Å².